The first kappa shape index (κ1) is 16.1. The van der Waals surface area contributed by atoms with Crippen LogP contribution < -0.4 is 5.32 Å². The van der Waals surface area contributed by atoms with E-state index in [0.717, 1.165) is 13.0 Å². The second kappa shape index (κ2) is 6.67. The number of hydrogen-bond acceptors (Lipinski definition) is 6. The van der Waals surface area contributed by atoms with Crippen molar-refractivity contribution in [3.8, 4) is 0 Å². The molecule has 0 bridgehead atoms. The predicted molar refractivity (Wildman–Crippen MR) is 79.6 cm³/mol. The topological polar surface area (TPSA) is 84.4 Å². The van der Waals surface area contributed by atoms with Crippen LogP contribution in [-0.2, 0) is 14.8 Å². The van der Waals surface area contributed by atoms with E-state index in [4.69, 9.17) is 4.74 Å². The van der Waals surface area contributed by atoms with Crippen LogP contribution in [-0.4, -0.2) is 54.5 Å². The first-order chi connectivity index (χ1) is 9.93. The van der Waals surface area contributed by atoms with Gasteiger partial charge in [-0.1, -0.05) is 6.92 Å². The van der Waals surface area contributed by atoms with E-state index in [1.807, 2.05) is 20.8 Å². The summed E-state index contributed by atoms with van der Waals surface area (Å²) in [6, 6.07) is 0. The van der Waals surface area contributed by atoms with Crippen molar-refractivity contribution in [1.82, 2.24) is 14.3 Å². The molecular weight excluding hydrogens is 292 g/mol. The molecule has 1 N–H and O–H groups in total. The minimum absolute atomic E-state index is 0.116. The van der Waals surface area contributed by atoms with Gasteiger partial charge in [-0.05, 0) is 20.3 Å². The van der Waals surface area contributed by atoms with Crippen molar-refractivity contribution in [1.29, 1.82) is 0 Å². The van der Waals surface area contributed by atoms with E-state index >= 15 is 0 Å². The molecule has 118 valence electrons. The molecule has 0 saturated carbocycles. The zero-order chi connectivity index (χ0) is 15.5. The smallest absolute Gasteiger partial charge is 0.246 e. The molecule has 21 heavy (non-hydrogen) atoms. The van der Waals surface area contributed by atoms with Crippen LogP contribution in [0.2, 0.25) is 0 Å². The Morgan fingerprint density at radius 1 is 1.29 bits per heavy atom. The maximum Gasteiger partial charge on any atom is 0.246 e. The highest BCUT2D eigenvalue weighted by Crippen LogP contribution is 2.20. The van der Waals surface area contributed by atoms with Crippen molar-refractivity contribution in [2.24, 2.45) is 0 Å². The Hall–Kier alpha value is -1.25. The number of rotatable bonds is 5. The van der Waals surface area contributed by atoms with E-state index in [2.05, 4.69) is 15.3 Å². The van der Waals surface area contributed by atoms with Gasteiger partial charge >= 0.3 is 0 Å². The summed E-state index contributed by atoms with van der Waals surface area (Å²) in [5.74, 6) is 0.444. The molecule has 0 unspecified atom stereocenters. The molecule has 7 nitrogen and oxygen atoms in total. The van der Waals surface area contributed by atoms with Crippen LogP contribution in [0.15, 0.2) is 17.3 Å². The summed E-state index contributed by atoms with van der Waals surface area (Å²) in [4.78, 5) is 8.23. The molecule has 2 heterocycles. The summed E-state index contributed by atoms with van der Waals surface area (Å²) in [6.45, 7) is 7.22. The molecule has 1 aromatic rings. The molecule has 0 spiro atoms. The standard InChI is InChI=1S/C13H22N4O3S/c1-4-5-14-13-15-6-12(7-16-13)21(18,19)17-8-10(2)20-11(3)9-17/h6-7,10-11H,4-5,8-9H2,1-3H3,(H,14,15,16)/t10-,11+. The van der Waals surface area contributed by atoms with Crippen LogP contribution in [0.25, 0.3) is 0 Å². The largest absolute Gasteiger partial charge is 0.373 e. The highest BCUT2D eigenvalue weighted by Gasteiger charge is 2.32. The van der Waals surface area contributed by atoms with E-state index < -0.39 is 10.0 Å². The highest BCUT2D eigenvalue weighted by molar-refractivity contribution is 7.89. The number of sulfonamides is 1. The zero-order valence-corrected chi connectivity index (χ0v) is 13.4. The van der Waals surface area contributed by atoms with Crippen molar-refractivity contribution in [2.45, 2.75) is 44.3 Å². The van der Waals surface area contributed by atoms with Crippen LogP contribution >= 0.6 is 0 Å². The lowest BCUT2D eigenvalue weighted by molar-refractivity contribution is -0.0440. The number of anilines is 1. The second-order valence-corrected chi connectivity index (χ2v) is 7.19. The van der Waals surface area contributed by atoms with Crippen LogP contribution in [0.4, 0.5) is 5.95 Å². The molecule has 2 atom stereocenters. The lowest BCUT2D eigenvalue weighted by Gasteiger charge is -2.34. The molecular formula is C13H22N4O3S. The Balaban J connectivity index is 2.15. The molecule has 1 saturated heterocycles. The summed E-state index contributed by atoms with van der Waals surface area (Å²) in [5.41, 5.74) is 0. The Kier molecular flexibility index (Phi) is 5.13. The minimum Gasteiger partial charge on any atom is -0.373 e. The van der Waals surface area contributed by atoms with E-state index in [-0.39, 0.29) is 17.1 Å². The molecule has 0 aliphatic carbocycles. The molecule has 8 heteroatoms. The van der Waals surface area contributed by atoms with Crippen molar-refractivity contribution < 1.29 is 13.2 Å². The molecule has 1 aromatic heterocycles. The lowest BCUT2D eigenvalue weighted by Crippen LogP contribution is -2.48. The van der Waals surface area contributed by atoms with Crippen LogP contribution in [0.5, 0.6) is 0 Å². The van der Waals surface area contributed by atoms with Gasteiger partial charge in [0.1, 0.15) is 4.90 Å². The molecule has 0 radical (unpaired) electrons. The lowest BCUT2D eigenvalue weighted by atomic mass is 10.3. The maximum absolute atomic E-state index is 12.6. The van der Waals surface area contributed by atoms with Gasteiger partial charge in [0.15, 0.2) is 0 Å². The van der Waals surface area contributed by atoms with Gasteiger partial charge in [-0.15, -0.1) is 0 Å². The van der Waals surface area contributed by atoms with Gasteiger partial charge in [0.05, 0.1) is 24.6 Å². The number of hydrogen-bond donors (Lipinski definition) is 1. The summed E-state index contributed by atoms with van der Waals surface area (Å²) >= 11 is 0. The fourth-order valence-corrected chi connectivity index (χ4v) is 3.74. The minimum atomic E-state index is -3.56. The van der Waals surface area contributed by atoms with E-state index in [9.17, 15) is 8.42 Å². The Morgan fingerprint density at radius 2 is 1.86 bits per heavy atom. The fourth-order valence-electron chi connectivity index (χ4n) is 2.25. The van der Waals surface area contributed by atoms with Gasteiger partial charge in [-0.2, -0.15) is 4.31 Å². The van der Waals surface area contributed by atoms with Crippen molar-refractivity contribution in [3.63, 3.8) is 0 Å². The Bertz CT molecular complexity index is 551. The average molecular weight is 314 g/mol. The molecule has 1 aliphatic heterocycles. The quantitative estimate of drug-likeness (QED) is 0.876. The molecule has 0 amide bonds. The van der Waals surface area contributed by atoms with Gasteiger partial charge in [0.2, 0.25) is 16.0 Å². The predicted octanol–water partition coefficient (Wildman–Crippen LogP) is 1.10. The summed E-state index contributed by atoms with van der Waals surface area (Å²) in [5, 5.41) is 3.02. The van der Waals surface area contributed by atoms with Gasteiger partial charge in [0, 0.05) is 19.6 Å². The fraction of sp³-hybridized carbons (Fsp3) is 0.692. The van der Waals surface area contributed by atoms with E-state index in [1.165, 1.54) is 16.7 Å². The van der Waals surface area contributed by atoms with Crippen LogP contribution in [0.1, 0.15) is 27.2 Å². The Labute approximate surface area is 125 Å². The molecule has 2 rings (SSSR count). The van der Waals surface area contributed by atoms with Gasteiger partial charge in [-0.25, -0.2) is 18.4 Å². The van der Waals surface area contributed by atoms with Crippen LogP contribution in [0.3, 0.4) is 0 Å². The maximum atomic E-state index is 12.6. The summed E-state index contributed by atoms with van der Waals surface area (Å²) < 4.78 is 32.1. The molecule has 1 aliphatic rings. The third kappa shape index (κ3) is 3.90. The van der Waals surface area contributed by atoms with Gasteiger partial charge < -0.3 is 10.1 Å². The number of nitrogens with zero attached hydrogens (tertiary/aromatic N) is 3. The average Bonchev–Trinajstić information content (AvgIpc) is 2.44. The zero-order valence-electron chi connectivity index (χ0n) is 12.6. The SMILES string of the molecule is CCCNc1ncc(S(=O)(=O)N2C[C@@H](C)O[C@@H](C)C2)cn1. The summed E-state index contributed by atoms with van der Waals surface area (Å²) in [6.07, 6.45) is 3.42. The van der Waals surface area contributed by atoms with E-state index in [1.54, 1.807) is 0 Å². The van der Waals surface area contributed by atoms with Gasteiger partial charge in [0.25, 0.3) is 0 Å². The highest BCUT2D eigenvalue weighted by atomic mass is 32.2. The van der Waals surface area contributed by atoms with Crippen LogP contribution in [0, 0.1) is 0 Å². The summed E-state index contributed by atoms with van der Waals surface area (Å²) in [7, 11) is -3.56. The van der Waals surface area contributed by atoms with Crippen molar-refractivity contribution in [3.05, 3.63) is 12.4 Å². The second-order valence-electron chi connectivity index (χ2n) is 5.25. The number of aromatic nitrogens is 2. The van der Waals surface area contributed by atoms with Crippen molar-refractivity contribution >= 4 is 16.0 Å². The molecule has 1 fully saturated rings. The third-order valence-corrected chi connectivity index (χ3v) is 4.97. The molecule has 0 aromatic carbocycles. The monoisotopic (exact) mass is 314 g/mol. The number of ether oxygens (including phenoxy) is 1. The van der Waals surface area contributed by atoms with Gasteiger partial charge in [-0.3, -0.25) is 0 Å². The van der Waals surface area contributed by atoms with E-state index in [0.29, 0.717) is 19.0 Å². The first-order valence-corrected chi connectivity index (χ1v) is 8.59. The number of nitrogens with one attached hydrogen (secondary N) is 1. The van der Waals surface area contributed by atoms with Crippen molar-refractivity contribution in [2.75, 3.05) is 25.0 Å². The first-order valence-electron chi connectivity index (χ1n) is 7.15. The normalized spacial score (nSPS) is 24.0. The number of morpholine rings is 1. The Morgan fingerprint density at radius 3 is 2.38 bits per heavy atom. The third-order valence-electron chi connectivity index (χ3n) is 3.19.